The van der Waals surface area contributed by atoms with Gasteiger partial charge in [0.25, 0.3) is 0 Å². The van der Waals surface area contributed by atoms with E-state index in [1.54, 1.807) is 24.2 Å². The molecule has 3 unspecified atom stereocenters. The molecule has 0 bridgehead atoms. The van der Waals surface area contributed by atoms with Crippen molar-refractivity contribution < 1.29 is 5.11 Å². The lowest BCUT2D eigenvalue weighted by Crippen LogP contribution is -2.38. The molecule has 0 radical (unpaired) electrons. The number of pyridine rings is 1. The predicted octanol–water partition coefficient (Wildman–Crippen LogP) is 1.84. The maximum atomic E-state index is 9.21. The van der Waals surface area contributed by atoms with Crippen molar-refractivity contribution in [3.8, 4) is 0 Å². The molecule has 90 valence electrons. The Morgan fingerprint density at radius 1 is 1.38 bits per heavy atom. The van der Waals surface area contributed by atoms with Crippen molar-refractivity contribution in [2.24, 2.45) is 0 Å². The second-order valence-corrected chi connectivity index (χ2v) is 4.99. The highest BCUT2D eigenvalue weighted by Crippen LogP contribution is 2.16. The van der Waals surface area contributed by atoms with Gasteiger partial charge in [0.1, 0.15) is 0 Å². The largest absolute Gasteiger partial charge is 0.395 e. The molecule has 0 saturated carbocycles. The van der Waals surface area contributed by atoms with Crippen molar-refractivity contribution in [3.63, 3.8) is 0 Å². The van der Waals surface area contributed by atoms with Crippen LogP contribution in [0.15, 0.2) is 24.5 Å². The molecule has 0 amide bonds. The quantitative estimate of drug-likeness (QED) is 0.796. The van der Waals surface area contributed by atoms with E-state index in [1.807, 2.05) is 18.4 Å². The van der Waals surface area contributed by atoms with Crippen LogP contribution in [0.2, 0.25) is 0 Å². The zero-order valence-electron chi connectivity index (χ0n) is 10.1. The van der Waals surface area contributed by atoms with E-state index in [0.717, 1.165) is 0 Å². The van der Waals surface area contributed by atoms with E-state index in [9.17, 15) is 5.11 Å². The lowest BCUT2D eigenvalue weighted by Gasteiger charge is -2.25. The number of rotatable bonds is 6. The van der Waals surface area contributed by atoms with Gasteiger partial charge in [0.05, 0.1) is 6.61 Å². The lowest BCUT2D eigenvalue weighted by atomic mass is 10.1. The molecule has 0 saturated heterocycles. The van der Waals surface area contributed by atoms with Crippen LogP contribution in [0.3, 0.4) is 0 Å². The topological polar surface area (TPSA) is 45.1 Å². The van der Waals surface area contributed by atoms with Gasteiger partial charge in [-0.25, -0.2) is 0 Å². The van der Waals surface area contributed by atoms with Crippen LogP contribution in [0.4, 0.5) is 0 Å². The van der Waals surface area contributed by atoms with Crippen molar-refractivity contribution in [1.82, 2.24) is 10.3 Å². The van der Waals surface area contributed by atoms with Gasteiger partial charge < -0.3 is 10.4 Å². The van der Waals surface area contributed by atoms with Gasteiger partial charge in [0.15, 0.2) is 0 Å². The van der Waals surface area contributed by atoms with Gasteiger partial charge in [-0.05, 0) is 37.8 Å². The third-order valence-corrected chi connectivity index (χ3v) is 3.92. The molecule has 4 heteroatoms. The van der Waals surface area contributed by atoms with Crippen LogP contribution >= 0.6 is 11.8 Å². The molecule has 0 spiro atoms. The van der Waals surface area contributed by atoms with Crippen LogP contribution in [-0.2, 0) is 0 Å². The predicted molar refractivity (Wildman–Crippen MR) is 69.6 cm³/mol. The molecule has 0 aliphatic heterocycles. The Labute approximate surface area is 102 Å². The number of nitrogens with zero attached hydrogens (tertiary/aromatic N) is 1. The Morgan fingerprint density at radius 2 is 2.00 bits per heavy atom. The zero-order valence-corrected chi connectivity index (χ0v) is 10.9. The summed E-state index contributed by atoms with van der Waals surface area (Å²) < 4.78 is 0. The highest BCUT2D eigenvalue weighted by molar-refractivity contribution is 7.99. The summed E-state index contributed by atoms with van der Waals surface area (Å²) in [5.41, 5.74) is 1.22. The normalized spacial score (nSPS) is 16.8. The number of thioether (sulfide) groups is 1. The van der Waals surface area contributed by atoms with Crippen molar-refractivity contribution >= 4 is 11.8 Å². The number of aliphatic hydroxyl groups is 1. The third-order valence-electron chi connectivity index (χ3n) is 2.76. The molecule has 1 aromatic rings. The van der Waals surface area contributed by atoms with Gasteiger partial charge in [0.2, 0.25) is 0 Å². The third kappa shape index (κ3) is 3.77. The average molecular weight is 240 g/mol. The van der Waals surface area contributed by atoms with E-state index in [2.05, 4.69) is 24.1 Å². The standard InChI is InChI=1S/C12H20N2OS/c1-9(11-4-6-13-7-5-11)14-10(2)12(8-15)16-3/h4-7,9-10,12,14-15H,8H2,1-3H3. The van der Waals surface area contributed by atoms with E-state index < -0.39 is 0 Å². The maximum Gasteiger partial charge on any atom is 0.0564 e. The first kappa shape index (κ1) is 13.5. The molecular weight excluding hydrogens is 220 g/mol. The highest BCUT2D eigenvalue weighted by atomic mass is 32.2. The van der Waals surface area contributed by atoms with Gasteiger partial charge in [-0.15, -0.1) is 0 Å². The van der Waals surface area contributed by atoms with Crippen LogP contribution < -0.4 is 5.32 Å². The smallest absolute Gasteiger partial charge is 0.0564 e. The van der Waals surface area contributed by atoms with E-state index in [-0.39, 0.29) is 23.9 Å². The molecule has 1 rings (SSSR count). The Morgan fingerprint density at radius 3 is 2.50 bits per heavy atom. The van der Waals surface area contributed by atoms with Crippen LogP contribution in [0, 0.1) is 0 Å². The molecular formula is C12H20N2OS. The zero-order chi connectivity index (χ0) is 12.0. The Bertz CT molecular complexity index is 290. The molecule has 1 heterocycles. The second-order valence-electron chi connectivity index (χ2n) is 3.91. The molecule has 0 aliphatic carbocycles. The molecule has 1 aromatic heterocycles. The van der Waals surface area contributed by atoms with E-state index in [4.69, 9.17) is 0 Å². The number of hydrogen-bond donors (Lipinski definition) is 2. The highest BCUT2D eigenvalue weighted by Gasteiger charge is 2.17. The summed E-state index contributed by atoms with van der Waals surface area (Å²) in [4.78, 5) is 4.00. The van der Waals surface area contributed by atoms with Gasteiger partial charge in [-0.3, -0.25) is 4.98 Å². The second kappa shape index (κ2) is 6.89. The van der Waals surface area contributed by atoms with Gasteiger partial charge in [-0.2, -0.15) is 11.8 Å². The van der Waals surface area contributed by atoms with Gasteiger partial charge in [-0.1, -0.05) is 0 Å². The first-order valence-electron chi connectivity index (χ1n) is 5.48. The number of aliphatic hydroxyl groups excluding tert-OH is 1. The van der Waals surface area contributed by atoms with Crippen LogP contribution in [-0.4, -0.2) is 34.2 Å². The van der Waals surface area contributed by atoms with Crippen molar-refractivity contribution in [2.75, 3.05) is 12.9 Å². The first-order chi connectivity index (χ1) is 7.69. The molecule has 0 aliphatic rings. The van der Waals surface area contributed by atoms with Crippen LogP contribution in [0.5, 0.6) is 0 Å². The molecule has 3 nitrogen and oxygen atoms in total. The van der Waals surface area contributed by atoms with Gasteiger partial charge >= 0.3 is 0 Å². The Hall–Kier alpha value is -0.580. The lowest BCUT2D eigenvalue weighted by molar-refractivity contribution is 0.272. The fourth-order valence-electron chi connectivity index (χ4n) is 1.69. The summed E-state index contributed by atoms with van der Waals surface area (Å²) in [6.07, 6.45) is 5.63. The summed E-state index contributed by atoms with van der Waals surface area (Å²) in [5.74, 6) is 0. The molecule has 3 atom stereocenters. The first-order valence-corrected chi connectivity index (χ1v) is 6.77. The molecule has 16 heavy (non-hydrogen) atoms. The minimum atomic E-state index is 0.207. The summed E-state index contributed by atoms with van der Waals surface area (Å²) in [6.45, 7) is 4.44. The number of aromatic nitrogens is 1. The van der Waals surface area contributed by atoms with Crippen LogP contribution in [0.1, 0.15) is 25.5 Å². The molecule has 0 aromatic carbocycles. The molecule has 0 fully saturated rings. The minimum Gasteiger partial charge on any atom is -0.395 e. The Balaban J connectivity index is 2.54. The average Bonchev–Trinajstić information content (AvgIpc) is 2.31. The summed E-state index contributed by atoms with van der Waals surface area (Å²) in [7, 11) is 0. The van der Waals surface area contributed by atoms with Crippen molar-refractivity contribution in [2.45, 2.75) is 31.2 Å². The fourth-order valence-corrected chi connectivity index (χ4v) is 2.32. The summed E-state index contributed by atoms with van der Waals surface area (Å²) in [5, 5.41) is 12.9. The molecule has 2 N–H and O–H groups in total. The van der Waals surface area contributed by atoms with Gasteiger partial charge in [0, 0.05) is 29.7 Å². The monoisotopic (exact) mass is 240 g/mol. The fraction of sp³-hybridized carbons (Fsp3) is 0.583. The Kier molecular flexibility index (Phi) is 5.80. The number of hydrogen-bond acceptors (Lipinski definition) is 4. The van der Waals surface area contributed by atoms with Crippen LogP contribution in [0.25, 0.3) is 0 Å². The SMILES string of the molecule is CSC(CO)C(C)NC(C)c1ccncc1. The summed E-state index contributed by atoms with van der Waals surface area (Å²) >= 11 is 1.69. The number of nitrogens with one attached hydrogen (secondary N) is 1. The summed E-state index contributed by atoms with van der Waals surface area (Å²) in [6, 6.07) is 4.58. The van der Waals surface area contributed by atoms with E-state index in [1.165, 1.54) is 5.56 Å². The van der Waals surface area contributed by atoms with E-state index >= 15 is 0 Å². The minimum absolute atomic E-state index is 0.207. The van der Waals surface area contributed by atoms with E-state index in [0.29, 0.717) is 0 Å². The maximum absolute atomic E-state index is 9.21. The van der Waals surface area contributed by atoms with Crippen molar-refractivity contribution in [3.05, 3.63) is 30.1 Å². The van der Waals surface area contributed by atoms with Crippen molar-refractivity contribution in [1.29, 1.82) is 0 Å².